The van der Waals surface area contributed by atoms with Crippen molar-refractivity contribution in [2.24, 2.45) is 5.92 Å². The minimum absolute atomic E-state index is 0.0287. The van der Waals surface area contributed by atoms with E-state index in [-0.39, 0.29) is 18.4 Å². The Labute approximate surface area is 87.7 Å². The van der Waals surface area contributed by atoms with Crippen molar-refractivity contribution < 1.29 is 19.8 Å². The Hall–Kier alpha value is -1.14. The summed E-state index contributed by atoms with van der Waals surface area (Å²) in [6, 6.07) is 0. The molecule has 6 nitrogen and oxygen atoms in total. The maximum absolute atomic E-state index is 11.5. The second kappa shape index (κ2) is 5.67. The lowest BCUT2D eigenvalue weighted by Gasteiger charge is -2.21. The fourth-order valence-electron chi connectivity index (χ4n) is 1.43. The molecular formula is C9H16N2O4. The Morgan fingerprint density at radius 2 is 2.40 bits per heavy atom. The Kier molecular flexibility index (Phi) is 4.51. The fraction of sp³-hybridized carbons (Fsp3) is 0.778. The van der Waals surface area contributed by atoms with E-state index in [9.17, 15) is 9.59 Å². The molecule has 1 saturated heterocycles. The predicted molar refractivity (Wildman–Crippen MR) is 51.8 cm³/mol. The number of nitrogens with one attached hydrogen (secondary N) is 2. The van der Waals surface area contributed by atoms with Gasteiger partial charge in [-0.1, -0.05) is 0 Å². The van der Waals surface area contributed by atoms with E-state index in [1.54, 1.807) is 0 Å². The number of hydrogen-bond donors (Lipinski definition) is 4. The van der Waals surface area contributed by atoms with E-state index < -0.39 is 18.6 Å². The molecule has 0 radical (unpaired) electrons. The zero-order valence-corrected chi connectivity index (χ0v) is 8.40. The van der Waals surface area contributed by atoms with Crippen molar-refractivity contribution in [3.8, 4) is 0 Å². The average molecular weight is 216 g/mol. The molecule has 0 spiro atoms. The Morgan fingerprint density at radius 1 is 1.67 bits per heavy atom. The van der Waals surface area contributed by atoms with Crippen LogP contribution >= 0.6 is 0 Å². The third-order valence-electron chi connectivity index (χ3n) is 2.32. The van der Waals surface area contributed by atoms with Gasteiger partial charge >= 0.3 is 0 Å². The lowest BCUT2D eigenvalue weighted by molar-refractivity contribution is -0.137. The van der Waals surface area contributed by atoms with E-state index in [4.69, 9.17) is 10.2 Å². The van der Waals surface area contributed by atoms with Gasteiger partial charge in [0.2, 0.25) is 11.8 Å². The number of rotatable bonds is 4. The van der Waals surface area contributed by atoms with Crippen LogP contribution in [0.4, 0.5) is 0 Å². The summed E-state index contributed by atoms with van der Waals surface area (Å²) in [6.07, 6.45) is 0.347. The Balaban J connectivity index is 2.35. The molecule has 0 aromatic carbocycles. The smallest absolute Gasteiger partial charge is 0.232 e. The summed E-state index contributed by atoms with van der Waals surface area (Å²) >= 11 is 0. The number of hydrogen-bond acceptors (Lipinski definition) is 4. The second-order valence-electron chi connectivity index (χ2n) is 3.57. The van der Waals surface area contributed by atoms with Gasteiger partial charge < -0.3 is 20.8 Å². The summed E-state index contributed by atoms with van der Waals surface area (Å²) in [6.45, 7) is 0.179. The van der Waals surface area contributed by atoms with Crippen LogP contribution in [0.5, 0.6) is 0 Å². The quantitative estimate of drug-likeness (QED) is 0.408. The molecule has 4 N–H and O–H groups in total. The van der Waals surface area contributed by atoms with Gasteiger partial charge in [-0.15, -0.1) is 0 Å². The number of piperidine rings is 1. The largest absolute Gasteiger partial charge is 0.394 e. The number of amides is 2. The molecule has 2 atom stereocenters. The summed E-state index contributed by atoms with van der Waals surface area (Å²) in [4.78, 5) is 22.7. The van der Waals surface area contributed by atoms with Gasteiger partial charge in [0, 0.05) is 13.1 Å². The monoisotopic (exact) mass is 216 g/mol. The van der Waals surface area contributed by atoms with Gasteiger partial charge in [0.05, 0.1) is 12.7 Å². The highest BCUT2D eigenvalue weighted by Gasteiger charge is 2.28. The fourth-order valence-corrected chi connectivity index (χ4v) is 1.43. The molecule has 86 valence electrons. The van der Waals surface area contributed by atoms with Gasteiger partial charge in [0.25, 0.3) is 0 Å². The molecule has 1 aliphatic rings. The SMILES string of the molecule is O=C1NCCC[C@H]1C(=O)NC[C@H](O)CO. The maximum atomic E-state index is 11.5. The predicted octanol–water partition coefficient (Wildman–Crippen LogP) is -2.02. The highest BCUT2D eigenvalue weighted by molar-refractivity contribution is 6.00. The molecule has 0 unspecified atom stereocenters. The molecule has 6 heteroatoms. The molecule has 1 aliphatic heterocycles. The topological polar surface area (TPSA) is 98.7 Å². The number of aliphatic hydroxyl groups excluding tert-OH is 2. The van der Waals surface area contributed by atoms with E-state index in [0.29, 0.717) is 13.0 Å². The van der Waals surface area contributed by atoms with E-state index in [2.05, 4.69) is 10.6 Å². The van der Waals surface area contributed by atoms with Crippen molar-refractivity contribution in [2.75, 3.05) is 19.7 Å². The van der Waals surface area contributed by atoms with Crippen LogP contribution in [-0.4, -0.2) is 47.8 Å². The molecular weight excluding hydrogens is 200 g/mol. The molecule has 2 amide bonds. The lowest BCUT2D eigenvalue weighted by atomic mass is 9.98. The molecule has 1 rings (SSSR count). The number of carbonyl (C=O) groups is 2. The third-order valence-corrected chi connectivity index (χ3v) is 2.32. The van der Waals surface area contributed by atoms with Crippen molar-refractivity contribution in [2.45, 2.75) is 18.9 Å². The molecule has 0 aromatic rings. The minimum atomic E-state index is -0.972. The van der Waals surface area contributed by atoms with Crippen molar-refractivity contribution in [1.82, 2.24) is 10.6 Å². The molecule has 0 bridgehead atoms. The first-order chi connectivity index (χ1) is 7.15. The van der Waals surface area contributed by atoms with Crippen LogP contribution in [-0.2, 0) is 9.59 Å². The van der Waals surface area contributed by atoms with Crippen molar-refractivity contribution in [3.05, 3.63) is 0 Å². The zero-order valence-electron chi connectivity index (χ0n) is 8.40. The average Bonchev–Trinajstić information content (AvgIpc) is 2.26. The Morgan fingerprint density at radius 3 is 3.00 bits per heavy atom. The van der Waals surface area contributed by atoms with E-state index in [1.807, 2.05) is 0 Å². The summed E-state index contributed by atoms with van der Waals surface area (Å²) < 4.78 is 0. The van der Waals surface area contributed by atoms with Crippen molar-refractivity contribution in [1.29, 1.82) is 0 Å². The van der Waals surface area contributed by atoms with Crippen LogP contribution in [0.1, 0.15) is 12.8 Å². The highest BCUT2D eigenvalue weighted by atomic mass is 16.3. The Bertz CT molecular complexity index is 244. The molecule has 1 heterocycles. The van der Waals surface area contributed by atoms with Crippen LogP contribution < -0.4 is 10.6 Å². The standard InChI is InChI=1S/C9H16N2O4/c12-5-6(13)4-11-9(15)7-2-1-3-10-8(7)14/h6-7,12-13H,1-5H2,(H,10,14)(H,11,15)/t6-,7+/m0/s1. The van der Waals surface area contributed by atoms with Crippen LogP contribution in [0.3, 0.4) is 0 Å². The molecule has 0 aliphatic carbocycles. The maximum Gasteiger partial charge on any atom is 0.232 e. The van der Waals surface area contributed by atoms with Crippen LogP contribution in [0, 0.1) is 5.92 Å². The summed E-state index contributed by atoms with van der Waals surface area (Å²) in [7, 11) is 0. The van der Waals surface area contributed by atoms with Crippen molar-refractivity contribution in [3.63, 3.8) is 0 Å². The first kappa shape index (κ1) is 11.9. The zero-order chi connectivity index (χ0) is 11.3. The van der Waals surface area contributed by atoms with Crippen LogP contribution in [0.2, 0.25) is 0 Å². The summed E-state index contributed by atoms with van der Waals surface area (Å²) in [5, 5.41) is 22.6. The van der Waals surface area contributed by atoms with Crippen molar-refractivity contribution >= 4 is 11.8 Å². The van der Waals surface area contributed by atoms with Gasteiger partial charge in [0.1, 0.15) is 5.92 Å². The molecule has 1 fully saturated rings. The third kappa shape index (κ3) is 3.49. The number of aliphatic hydroxyl groups is 2. The first-order valence-electron chi connectivity index (χ1n) is 4.99. The van der Waals surface area contributed by atoms with E-state index in [0.717, 1.165) is 6.42 Å². The normalized spacial score (nSPS) is 23.1. The second-order valence-corrected chi connectivity index (χ2v) is 3.57. The van der Waals surface area contributed by atoms with Crippen LogP contribution in [0.25, 0.3) is 0 Å². The van der Waals surface area contributed by atoms with E-state index >= 15 is 0 Å². The first-order valence-corrected chi connectivity index (χ1v) is 4.99. The minimum Gasteiger partial charge on any atom is -0.394 e. The molecule has 0 aromatic heterocycles. The van der Waals surface area contributed by atoms with Gasteiger partial charge in [-0.2, -0.15) is 0 Å². The van der Waals surface area contributed by atoms with Gasteiger partial charge in [-0.25, -0.2) is 0 Å². The number of carbonyl (C=O) groups excluding carboxylic acids is 2. The van der Waals surface area contributed by atoms with Gasteiger partial charge in [-0.3, -0.25) is 9.59 Å². The van der Waals surface area contributed by atoms with Gasteiger partial charge in [-0.05, 0) is 12.8 Å². The van der Waals surface area contributed by atoms with Gasteiger partial charge in [0.15, 0.2) is 0 Å². The molecule has 0 saturated carbocycles. The van der Waals surface area contributed by atoms with E-state index in [1.165, 1.54) is 0 Å². The summed E-state index contributed by atoms with van der Waals surface area (Å²) in [5.74, 6) is -1.32. The lowest BCUT2D eigenvalue weighted by Crippen LogP contribution is -2.46. The molecule has 15 heavy (non-hydrogen) atoms. The highest BCUT2D eigenvalue weighted by Crippen LogP contribution is 2.10. The van der Waals surface area contributed by atoms with Crippen LogP contribution in [0.15, 0.2) is 0 Å². The summed E-state index contributed by atoms with van der Waals surface area (Å²) in [5.41, 5.74) is 0.